The lowest BCUT2D eigenvalue weighted by Crippen LogP contribution is -2.53. The summed E-state index contributed by atoms with van der Waals surface area (Å²) in [5.41, 5.74) is 1.33. The molecule has 2 atom stereocenters. The molecule has 0 saturated carbocycles. The molecule has 2 unspecified atom stereocenters. The molecule has 1 saturated heterocycles. The van der Waals surface area contributed by atoms with E-state index in [0.717, 1.165) is 26.2 Å². The largest absolute Gasteiger partial charge is 0.311 e. The normalized spacial score (nSPS) is 25.8. The number of rotatable bonds is 4. The Morgan fingerprint density at radius 1 is 1.44 bits per heavy atom. The molecule has 2 heterocycles. The molecule has 102 valence electrons. The van der Waals surface area contributed by atoms with Crippen LogP contribution in [0.4, 0.5) is 0 Å². The van der Waals surface area contributed by atoms with E-state index in [1.807, 2.05) is 6.20 Å². The van der Waals surface area contributed by atoms with E-state index in [1.165, 1.54) is 5.56 Å². The monoisotopic (exact) mass is 250 g/mol. The van der Waals surface area contributed by atoms with Gasteiger partial charge in [0.05, 0.1) is 6.20 Å². The summed E-state index contributed by atoms with van der Waals surface area (Å²) in [6.45, 7) is 13.2. The SMILES string of the molecule is CC(C)Cn1cc(CN2CC(C)NCC2C)cn1. The molecule has 0 aromatic carbocycles. The molecule has 1 aliphatic heterocycles. The summed E-state index contributed by atoms with van der Waals surface area (Å²) in [4.78, 5) is 2.54. The predicted octanol–water partition coefficient (Wildman–Crippen LogP) is 1.72. The lowest BCUT2D eigenvalue weighted by Gasteiger charge is -2.37. The first-order valence-electron chi connectivity index (χ1n) is 7.03. The molecule has 4 heteroatoms. The summed E-state index contributed by atoms with van der Waals surface area (Å²) in [5.74, 6) is 0.649. The van der Waals surface area contributed by atoms with Gasteiger partial charge in [0.2, 0.25) is 0 Å². The third-order valence-electron chi connectivity index (χ3n) is 3.52. The molecular formula is C14H26N4. The van der Waals surface area contributed by atoms with Crippen molar-refractivity contribution in [1.29, 1.82) is 0 Å². The minimum atomic E-state index is 0.590. The van der Waals surface area contributed by atoms with Crippen LogP contribution in [0, 0.1) is 5.92 Å². The Bertz CT molecular complexity index is 372. The van der Waals surface area contributed by atoms with Crippen LogP contribution in [0.3, 0.4) is 0 Å². The van der Waals surface area contributed by atoms with Gasteiger partial charge in [0.15, 0.2) is 0 Å². The van der Waals surface area contributed by atoms with Crippen LogP contribution in [-0.4, -0.2) is 39.9 Å². The molecule has 0 amide bonds. The highest BCUT2D eigenvalue weighted by molar-refractivity contribution is 5.04. The average molecular weight is 250 g/mol. The second-order valence-corrected chi connectivity index (χ2v) is 6.05. The van der Waals surface area contributed by atoms with E-state index in [1.54, 1.807) is 0 Å². The fourth-order valence-corrected chi connectivity index (χ4v) is 2.51. The van der Waals surface area contributed by atoms with Crippen LogP contribution >= 0.6 is 0 Å². The summed E-state index contributed by atoms with van der Waals surface area (Å²) in [6, 6.07) is 1.20. The van der Waals surface area contributed by atoms with E-state index >= 15 is 0 Å². The maximum atomic E-state index is 4.44. The van der Waals surface area contributed by atoms with Gasteiger partial charge in [-0.3, -0.25) is 9.58 Å². The maximum absolute atomic E-state index is 4.44. The van der Waals surface area contributed by atoms with E-state index in [4.69, 9.17) is 0 Å². The van der Waals surface area contributed by atoms with Crippen molar-refractivity contribution in [3.8, 4) is 0 Å². The maximum Gasteiger partial charge on any atom is 0.0534 e. The van der Waals surface area contributed by atoms with Crippen LogP contribution < -0.4 is 5.32 Å². The number of aromatic nitrogens is 2. The highest BCUT2D eigenvalue weighted by atomic mass is 15.3. The fourth-order valence-electron chi connectivity index (χ4n) is 2.51. The Morgan fingerprint density at radius 3 is 2.94 bits per heavy atom. The number of hydrogen-bond donors (Lipinski definition) is 1. The quantitative estimate of drug-likeness (QED) is 0.883. The van der Waals surface area contributed by atoms with Crippen LogP contribution in [0.15, 0.2) is 12.4 Å². The third-order valence-corrected chi connectivity index (χ3v) is 3.52. The van der Waals surface area contributed by atoms with Gasteiger partial charge >= 0.3 is 0 Å². The van der Waals surface area contributed by atoms with Gasteiger partial charge < -0.3 is 5.32 Å². The Labute approximate surface area is 110 Å². The number of nitrogens with one attached hydrogen (secondary N) is 1. The zero-order chi connectivity index (χ0) is 13.1. The van der Waals surface area contributed by atoms with E-state index in [9.17, 15) is 0 Å². The van der Waals surface area contributed by atoms with Gasteiger partial charge in [0.25, 0.3) is 0 Å². The number of nitrogens with zero attached hydrogens (tertiary/aromatic N) is 3. The molecule has 1 N–H and O–H groups in total. The molecule has 0 spiro atoms. The minimum absolute atomic E-state index is 0.590. The smallest absolute Gasteiger partial charge is 0.0534 e. The number of piperazine rings is 1. The Kier molecular flexibility index (Phi) is 4.40. The van der Waals surface area contributed by atoms with Crippen LogP contribution in [0.5, 0.6) is 0 Å². The first kappa shape index (κ1) is 13.6. The first-order chi connectivity index (χ1) is 8.54. The Balaban J connectivity index is 1.93. The van der Waals surface area contributed by atoms with Gasteiger partial charge in [-0.25, -0.2) is 0 Å². The van der Waals surface area contributed by atoms with Crippen LogP contribution in [0.2, 0.25) is 0 Å². The minimum Gasteiger partial charge on any atom is -0.311 e. The summed E-state index contributed by atoms with van der Waals surface area (Å²) < 4.78 is 2.07. The number of hydrogen-bond acceptors (Lipinski definition) is 3. The van der Waals surface area contributed by atoms with Crippen LogP contribution in [0.25, 0.3) is 0 Å². The molecule has 0 aliphatic carbocycles. The van der Waals surface area contributed by atoms with E-state index in [-0.39, 0.29) is 0 Å². The molecular weight excluding hydrogens is 224 g/mol. The highest BCUT2D eigenvalue weighted by Gasteiger charge is 2.22. The van der Waals surface area contributed by atoms with Gasteiger partial charge in [-0.1, -0.05) is 13.8 Å². The lowest BCUT2D eigenvalue weighted by atomic mass is 10.1. The van der Waals surface area contributed by atoms with Gasteiger partial charge in [-0.05, 0) is 19.8 Å². The van der Waals surface area contributed by atoms with Crippen LogP contribution in [0.1, 0.15) is 33.3 Å². The molecule has 2 rings (SSSR count). The van der Waals surface area contributed by atoms with Gasteiger partial charge in [-0.15, -0.1) is 0 Å². The van der Waals surface area contributed by atoms with E-state index < -0.39 is 0 Å². The van der Waals surface area contributed by atoms with Crippen molar-refractivity contribution in [2.75, 3.05) is 13.1 Å². The Hall–Kier alpha value is -0.870. The molecule has 4 nitrogen and oxygen atoms in total. The molecule has 1 aliphatic rings. The highest BCUT2D eigenvalue weighted by Crippen LogP contribution is 2.12. The zero-order valence-corrected chi connectivity index (χ0v) is 12.1. The molecule has 18 heavy (non-hydrogen) atoms. The first-order valence-corrected chi connectivity index (χ1v) is 7.03. The molecule has 0 radical (unpaired) electrons. The van der Waals surface area contributed by atoms with Crippen molar-refractivity contribution >= 4 is 0 Å². The summed E-state index contributed by atoms with van der Waals surface area (Å²) in [6.07, 6.45) is 4.21. The van der Waals surface area contributed by atoms with E-state index in [2.05, 4.69) is 53.9 Å². The van der Waals surface area contributed by atoms with Crippen molar-refractivity contribution in [3.05, 3.63) is 18.0 Å². The molecule has 0 bridgehead atoms. The lowest BCUT2D eigenvalue weighted by molar-refractivity contribution is 0.139. The van der Waals surface area contributed by atoms with Gasteiger partial charge in [0, 0.05) is 50.0 Å². The van der Waals surface area contributed by atoms with Gasteiger partial charge in [-0.2, -0.15) is 5.10 Å². The van der Waals surface area contributed by atoms with Crippen molar-refractivity contribution < 1.29 is 0 Å². The zero-order valence-electron chi connectivity index (χ0n) is 12.1. The summed E-state index contributed by atoms with van der Waals surface area (Å²) in [7, 11) is 0. The molecule has 1 aromatic heterocycles. The van der Waals surface area contributed by atoms with Gasteiger partial charge in [0.1, 0.15) is 0 Å². The third kappa shape index (κ3) is 3.56. The average Bonchev–Trinajstić information content (AvgIpc) is 2.70. The topological polar surface area (TPSA) is 33.1 Å². The molecule has 1 aromatic rings. The fraction of sp³-hybridized carbons (Fsp3) is 0.786. The summed E-state index contributed by atoms with van der Waals surface area (Å²) in [5, 5.41) is 7.96. The van der Waals surface area contributed by atoms with Crippen molar-refractivity contribution in [3.63, 3.8) is 0 Å². The predicted molar refractivity (Wildman–Crippen MR) is 74.4 cm³/mol. The van der Waals surface area contributed by atoms with Crippen molar-refractivity contribution in [2.45, 2.75) is 52.9 Å². The Morgan fingerprint density at radius 2 is 2.22 bits per heavy atom. The standard InChI is InChI=1S/C14H26N4/c1-11(2)7-18-10-14(6-16-18)9-17-8-12(3)15-5-13(17)4/h6,10-13,15H,5,7-9H2,1-4H3. The summed E-state index contributed by atoms with van der Waals surface area (Å²) >= 11 is 0. The van der Waals surface area contributed by atoms with Crippen LogP contribution in [-0.2, 0) is 13.1 Å². The molecule has 1 fully saturated rings. The van der Waals surface area contributed by atoms with Crippen molar-refractivity contribution in [2.24, 2.45) is 5.92 Å². The second-order valence-electron chi connectivity index (χ2n) is 6.05. The van der Waals surface area contributed by atoms with E-state index in [0.29, 0.717) is 18.0 Å². The van der Waals surface area contributed by atoms with Crippen molar-refractivity contribution in [1.82, 2.24) is 20.0 Å². The second kappa shape index (κ2) is 5.85.